The maximum absolute atomic E-state index is 10.6. The summed E-state index contributed by atoms with van der Waals surface area (Å²) in [5.41, 5.74) is 2.50. The highest BCUT2D eigenvalue weighted by molar-refractivity contribution is 9.10. The van der Waals surface area contributed by atoms with Gasteiger partial charge in [0, 0.05) is 10.0 Å². The quantitative estimate of drug-likeness (QED) is 0.705. The third-order valence-electron chi connectivity index (χ3n) is 1.60. The molecule has 0 radical (unpaired) electrons. The van der Waals surface area contributed by atoms with E-state index in [0.29, 0.717) is 5.56 Å². The molecule has 0 aliphatic carbocycles. The van der Waals surface area contributed by atoms with Crippen LogP contribution in [0.1, 0.15) is 22.8 Å². The largest absolute Gasteiger partial charge is 0.298 e. The smallest absolute Gasteiger partial charge is 0.150 e. The van der Waals surface area contributed by atoms with Gasteiger partial charge in [0.1, 0.15) is 0 Å². The van der Waals surface area contributed by atoms with E-state index in [1.807, 2.05) is 19.1 Å². The third-order valence-corrected chi connectivity index (χ3v) is 2.09. The Hall–Kier alpha value is -0.890. The standard InChI is InChI=1S/C10H9BrO/c1-7(2)10-4-3-9(11)5-8(10)6-12/h3-6H,1H2,2H3. The van der Waals surface area contributed by atoms with Crippen LogP contribution < -0.4 is 0 Å². The van der Waals surface area contributed by atoms with Gasteiger partial charge in [-0.15, -0.1) is 0 Å². The minimum absolute atomic E-state index is 0.678. The van der Waals surface area contributed by atoms with E-state index in [0.717, 1.165) is 21.9 Å². The van der Waals surface area contributed by atoms with Crippen molar-refractivity contribution in [3.05, 3.63) is 40.4 Å². The van der Waals surface area contributed by atoms with Crippen molar-refractivity contribution in [1.82, 2.24) is 0 Å². The van der Waals surface area contributed by atoms with Crippen LogP contribution in [0, 0.1) is 0 Å². The lowest BCUT2D eigenvalue weighted by Crippen LogP contribution is -1.88. The minimum atomic E-state index is 0.678. The first-order chi connectivity index (χ1) is 5.65. The number of rotatable bonds is 2. The fraction of sp³-hybridized carbons (Fsp3) is 0.100. The van der Waals surface area contributed by atoms with Crippen LogP contribution in [0.2, 0.25) is 0 Å². The Morgan fingerprint density at radius 1 is 1.58 bits per heavy atom. The highest BCUT2D eigenvalue weighted by Gasteiger charge is 2.01. The summed E-state index contributed by atoms with van der Waals surface area (Å²) in [5, 5.41) is 0. The van der Waals surface area contributed by atoms with Gasteiger partial charge in [-0.3, -0.25) is 4.79 Å². The zero-order valence-electron chi connectivity index (χ0n) is 6.80. The van der Waals surface area contributed by atoms with Gasteiger partial charge in [0.15, 0.2) is 6.29 Å². The first-order valence-corrected chi connectivity index (χ1v) is 4.35. The maximum Gasteiger partial charge on any atom is 0.150 e. The minimum Gasteiger partial charge on any atom is -0.298 e. The van der Waals surface area contributed by atoms with Crippen LogP contribution in [0.3, 0.4) is 0 Å². The van der Waals surface area contributed by atoms with Gasteiger partial charge >= 0.3 is 0 Å². The second-order valence-electron chi connectivity index (χ2n) is 2.63. The van der Waals surface area contributed by atoms with Crippen LogP contribution in [0.4, 0.5) is 0 Å². The zero-order valence-corrected chi connectivity index (χ0v) is 8.39. The molecule has 62 valence electrons. The van der Waals surface area contributed by atoms with E-state index in [9.17, 15) is 4.79 Å². The summed E-state index contributed by atoms with van der Waals surface area (Å²) in [6.07, 6.45) is 0.842. The molecule has 0 heterocycles. The lowest BCUT2D eigenvalue weighted by molar-refractivity contribution is 0.112. The Bertz CT molecular complexity index is 329. The summed E-state index contributed by atoms with van der Waals surface area (Å²) < 4.78 is 0.912. The molecule has 2 heteroatoms. The Labute approximate surface area is 80.2 Å². The van der Waals surface area contributed by atoms with E-state index in [4.69, 9.17) is 0 Å². The van der Waals surface area contributed by atoms with Crippen molar-refractivity contribution in [2.24, 2.45) is 0 Å². The van der Waals surface area contributed by atoms with Crippen molar-refractivity contribution in [3.63, 3.8) is 0 Å². The molecule has 0 bridgehead atoms. The molecule has 0 spiro atoms. The van der Waals surface area contributed by atoms with E-state index >= 15 is 0 Å². The average molecular weight is 225 g/mol. The van der Waals surface area contributed by atoms with Gasteiger partial charge in [-0.25, -0.2) is 0 Å². The van der Waals surface area contributed by atoms with Crippen LogP contribution in [0.15, 0.2) is 29.3 Å². The van der Waals surface area contributed by atoms with Gasteiger partial charge in [-0.1, -0.05) is 34.1 Å². The fourth-order valence-corrected chi connectivity index (χ4v) is 1.40. The Balaban J connectivity index is 3.29. The SMILES string of the molecule is C=C(C)c1ccc(Br)cc1C=O. The normalized spacial score (nSPS) is 9.50. The second kappa shape index (κ2) is 3.68. The number of halogens is 1. The van der Waals surface area contributed by atoms with Gasteiger partial charge < -0.3 is 0 Å². The molecular formula is C10H9BrO. The summed E-state index contributed by atoms with van der Waals surface area (Å²) in [6.45, 7) is 5.67. The highest BCUT2D eigenvalue weighted by Crippen LogP contribution is 2.20. The predicted octanol–water partition coefficient (Wildman–Crippen LogP) is 3.29. The lowest BCUT2D eigenvalue weighted by atomic mass is 10.0. The monoisotopic (exact) mass is 224 g/mol. The number of benzene rings is 1. The van der Waals surface area contributed by atoms with Crippen molar-refractivity contribution in [2.75, 3.05) is 0 Å². The fourth-order valence-electron chi connectivity index (χ4n) is 1.02. The predicted molar refractivity (Wildman–Crippen MR) is 54.2 cm³/mol. The second-order valence-corrected chi connectivity index (χ2v) is 3.55. The molecule has 1 nitrogen and oxygen atoms in total. The zero-order chi connectivity index (χ0) is 9.14. The third kappa shape index (κ3) is 1.83. The maximum atomic E-state index is 10.6. The Morgan fingerprint density at radius 2 is 2.25 bits per heavy atom. The van der Waals surface area contributed by atoms with E-state index in [1.54, 1.807) is 6.07 Å². The van der Waals surface area contributed by atoms with E-state index in [2.05, 4.69) is 22.5 Å². The number of carbonyl (C=O) groups is 1. The van der Waals surface area contributed by atoms with Crippen molar-refractivity contribution in [3.8, 4) is 0 Å². The number of aldehydes is 1. The molecule has 0 unspecified atom stereocenters. The van der Waals surface area contributed by atoms with Gasteiger partial charge in [0.05, 0.1) is 0 Å². The molecule has 1 rings (SSSR count). The van der Waals surface area contributed by atoms with Gasteiger partial charge in [-0.2, -0.15) is 0 Å². The summed E-state index contributed by atoms with van der Waals surface area (Å²) in [7, 11) is 0. The summed E-state index contributed by atoms with van der Waals surface area (Å²) in [6, 6.07) is 5.57. The molecule has 12 heavy (non-hydrogen) atoms. The van der Waals surface area contributed by atoms with Crippen LogP contribution in [0.25, 0.3) is 5.57 Å². The summed E-state index contributed by atoms with van der Waals surface area (Å²) >= 11 is 3.30. The Morgan fingerprint density at radius 3 is 2.75 bits per heavy atom. The van der Waals surface area contributed by atoms with Crippen molar-refractivity contribution >= 4 is 27.8 Å². The van der Waals surface area contributed by atoms with Gasteiger partial charge in [0.2, 0.25) is 0 Å². The molecule has 0 amide bonds. The number of hydrogen-bond acceptors (Lipinski definition) is 1. The Kier molecular flexibility index (Phi) is 2.82. The van der Waals surface area contributed by atoms with E-state index in [-0.39, 0.29) is 0 Å². The topological polar surface area (TPSA) is 17.1 Å². The average Bonchev–Trinajstić information content (AvgIpc) is 2.03. The highest BCUT2D eigenvalue weighted by atomic mass is 79.9. The van der Waals surface area contributed by atoms with Crippen molar-refractivity contribution in [2.45, 2.75) is 6.92 Å². The van der Waals surface area contributed by atoms with Gasteiger partial charge in [-0.05, 0) is 24.6 Å². The lowest BCUT2D eigenvalue weighted by Gasteiger charge is -2.03. The van der Waals surface area contributed by atoms with Crippen molar-refractivity contribution < 1.29 is 4.79 Å². The molecule has 0 aliphatic rings. The van der Waals surface area contributed by atoms with Crippen LogP contribution in [0.5, 0.6) is 0 Å². The summed E-state index contributed by atoms with van der Waals surface area (Å²) in [4.78, 5) is 10.6. The molecule has 0 fully saturated rings. The number of allylic oxidation sites excluding steroid dienone is 1. The molecular weight excluding hydrogens is 216 g/mol. The molecule has 0 N–H and O–H groups in total. The first kappa shape index (κ1) is 9.20. The molecule has 0 atom stereocenters. The molecule has 0 saturated heterocycles. The van der Waals surface area contributed by atoms with Crippen molar-refractivity contribution in [1.29, 1.82) is 0 Å². The molecule has 0 saturated carbocycles. The first-order valence-electron chi connectivity index (χ1n) is 3.55. The molecule has 1 aromatic carbocycles. The van der Waals surface area contributed by atoms with Crippen LogP contribution in [-0.4, -0.2) is 6.29 Å². The van der Waals surface area contributed by atoms with Crippen LogP contribution >= 0.6 is 15.9 Å². The number of hydrogen-bond donors (Lipinski definition) is 0. The van der Waals surface area contributed by atoms with Gasteiger partial charge in [0.25, 0.3) is 0 Å². The molecule has 0 aromatic heterocycles. The van der Waals surface area contributed by atoms with Crippen LogP contribution in [-0.2, 0) is 0 Å². The molecule has 0 aliphatic heterocycles. The van der Waals surface area contributed by atoms with E-state index in [1.165, 1.54) is 0 Å². The number of carbonyl (C=O) groups excluding carboxylic acids is 1. The summed E-state index contributed by atoms with van der Waals surface area (Å²) in [5.74, 6) is 0. The molecule has 1 aromatic rings. The van der Waals surface area contributed by atoms with E-state index < -0.39 is 0 Å².